The summed E-state index contributed by atoms with van der Waals surface area (Å²) in [5.74, 6) is -0.745. The Kier molecular flexibility index (Phi) is 6.83. The lowest BCUT2D eigenvalue weighted by molar-refractivity contribution is -0.140. The number of primary amides is 1. The summed E-state index contributed by atoms with van der Waals surface area (Å²) in [5, 5.41) is 0. The van der Waals surface area contributed by atoms with E-state index in [9.17, 15) is 9.59 Å². The highest BCUT2D eigenvalue weighted by Crippen LogP contribution is 2.25. The molecule has 0 rings (SSSR count). The van der Waals surface area contributed by atoms with Crippen molar-refractivity contribution in [3.63, 3.8) is 0 Å². The Bertz CT molecular complexity index is 333. The van der Waals surface area contributed by atoms with Gasteiger partial charge < -0.3 is 16.4 Å². The molecular formula is C12H23N3O2S. The quantitative estimate of drug-likeness (QED) is 0.640. The van der Waals surface area contributed by atoms with Crippen LogP contribution in [0.25, 0.3) is 0 Å². The van der Waals surface area contributed by atoms with Crippen molar-refractivity contribution in [1.82, 2.24) is 4.90 Å². The number of rotatable bonds is 8. The number of nitrogens with zero attached hydrogens (tertiary/aromatic N) is 1. The summed E-state index contributed by atoms with van der Waals surface area (Å²) in [6, 6.07) is 0. The number of amides is 2. The molecular weight excluding hydrogens is 250 g/mol. The van der Waals surface area contributed by atoms with Crippen molar-refractivity contribution in [2.24, 2.45) is 16.9 Å². The van der Waals surface area contributed by atoms with Crippen molar-refractivity contribution in [1.29, 1.82) is 0 Å². The van der Waals surface area contributed by atoms with Gasteiger partial charge in [-0.3, -0.25) is 9.59 Å². The van der Waals surface area contributed by atoms with Crippen LogP contribution in [0, 0.1) is 5.41 Å². The smallest absolute Gasteiger partial charge is 0.237 e. The maximum absolute atomic E-state index is 12.4. The molecule has 0 aromatic carbocycles. The SMILES string of the molecule is CCCCN(CC(N)=O)C(=O)C(C)(CC)C(N)=S. The molecule has 0 bridgehead atoms. The second kappa shape index (κ2) is 7.31. The summed E-state index contributed by atoms with van der Waals surface area (Å²) in [5.41, 5.74) is 9.91. The Morgan fingerprint density at radius 1 is 1.28 bits per heavy atom. The number of nitrogens with two attached hydrogens (primary N) is 2. The molecule has 0 aliphatic carbocycles. The van der Waals surface area contributed by atoms with E-state index in [1.807, 2.05) is 13.8 Å². The Morgan fingerprint density at radius 2 is 1.83 bits per heavy atom. The fourth-order valence-electron chi connectivity index (χ4n) is 1.57. The molecule has 0 fully saturated rings. The molecule has 104 valence electrons. The van der Waals surface area contributed by atoms with Crippen LogP contribution in [0.1, 0.15) is 40.0 Å². The average molecular weight is 273 g/mol. The summed E-state index contributed by atoms with van der Waals surface area (Å²) >= 11 is 4.97. The van der Waals surface area contributed by atoms with E-state index in [0.29, 0.717) is 13.0 Å². The third-order valence-electron chi connectivity index (χ3n) is 3.14. The van der Waals surface area contributed by atoms with Gasteiger partial charge in [-0.1, -0.05) is 32.5 Å². The molecule has 0 saturated heterocycles. The van der Waals surface area contributed by atoms with Gasteiger partial charge in [0.1, 0.15) is 0 Å². The van der Waals surface area contributed by atoms with E-state index in [1.165, 1.54) is 4.90 Å². The van der Waals surface area contributed by atoms with Crippen molar-refractivity contribution in [3.8, 4) is 0 Å². The number of hydrogen-bond acceptors (Lipinski definition) is 3. The molecule has 5 nitrogen and oxygen atoms in total. The molecule has 0 aliphatic rings. The van der Waals surface area contributed by atoms with Crippen LogP contribution in [0.15, 0.2) is 0 Å². The molecule has 1 unspecified atom stereocenters. The molecule has 6 heteroatoms. The third-order valence-corrected chi connectivity index (χ3v) is 3.59. The zero-order chi connectivity index (χ0) is 14.3. The Hall–Kier alpha value is -1.17. The van der Waals surface area contributed by atoms with Crippen molar-refractivity contribution < 1.29 is 9.59 Å². The highest BCUT2D eigenvalue weighted by molar-refractivity contribution is 7.80. The lowest BCUT2D eigenvalue weighted by Gasteiger charge is -2.32. The summed E-state index contributed by atoms with van der Waals surface area (Å²) in [7, 11) is 0. The Labute approximate surface area is 114 Å². The number of carbonyl (C=O) groups is 2. The van der Waals surface area contributed by atoms with Crippen LogP contribution in [0.2, 0.25) is 0 Å². The zero-order valence-corrected chi connectivity index (χ0v) is 12.2. The third kappa shape index (κ3) is 4.25. The van der Waals surface area contributed by atoms with Crippen LogP contribution >= 0.6 is 12.2 Å². The van der Waals surface area contributed by atoms with Crippen LogP contribution < -0.4 is 11.5 Å². The lowest BCUT2D eigenvalue weighted by atomic mass is 9.85. The Balaban J connectivity index is 5.02. The summed E-state index contributed by atoms with van der Waals surface area (Å²) < 4.78 is 0. The molecule has 0 aromatic rings. The standard InChI is InChI=1S/C12H23N3O2S/c1-4-6-7-15(8-9(13)16)11(17)12(3,5-2)10(14)18/h4-8H2,1-3H3,(H2,13,16)(H2,14,18). The van der Waals surface area contributed by atoms with E-state index in [0.717, 1.165) is 12.8 Å². The second-order valence-corrected chi connectivity index (χ2v) is 5.04. The van der Waals surface area contributed by atoms with Gasteiger partial charge in [-0.05, 0) is 19.8 Å². The van der Waals surface area contributed by atoms with Gasteiger partial charge in [0.2, 0.25) is 11.8 Å². The molecule has 18 heavy (non-hydrogen) atoms. The van der Waals surface area contributed by atoms with Crippen LogP contribution in [-0.2, 0) is 9.59 Å². The predicted octanol–water partition coefficient (Wildman–Crippen LogP) is 0.803. The molecule has 0 aliphatic heterocycles. The maximum Gasteiger partial charge on any atom is 0.237 e. The topological polar surface area (TPSA) is 89.4 Å². The Morgan fingerprint density at radius 3 is 2.17 bits per heavy atom. The fraction of sp³-hybridized carbons (Fsp3) is 0.750. The van der Waals surface area contributed by atoms with Crippen molar-refractivity contribution in [3.05, 3.63) is 0 Å². The molecule has 0 aromatic heterocycles. The van der Waals surface area contributed by atoms with Crippen molar-refractivity contribution in [2.75, 3.05) is 13.1 Å². The van der Waals surface area contributed by atoms with Crippen LogP contribution in [0.5, 0.6) is 0 Å². The first-order chi connectivity index (χ1) is 8.29. The van der Waals surface area contributed by atoms with Crippen LogP contribution in [-0.4, -0.2) is 34.8 Å². The minimum atomic E-state index is -0.904. The molecule has 0 radical (unpaired) electrons. The van der Waals surface area contributed by atoms with E-state index < -0.39 is 11.3 Å². The largest absolute Gasteiger partial charge is 0.392 e. The average Bonchev–Trinajstić information content (AvgIpc) is 2.31. The minimum Gasteiger partial charge on any atom is -0.392 e. The van der Waals surface area contributed by atoms with Gasteiger partial charge in [0.25, 0.3) is 0 Å². The fourth-order valence-corrected chi connectivity index (χ4v) is 1.80. The monoisotopic (exact) mass is 273 g/mol. The van der Waals surface area contributed by atoms with E-state index in [4.69, 9.17) is 23.7 Å². The van der Waals surface area contributed by atoms with Gasteiger partial charge in [0, 0.05) is 6.54 Å². The first-order valence-electron chi connectivity index (χ1n) is 6.17. The normalized spacial score (nSPS) is 13.7. The van der Waals surface area contributed by atoms with Gasteiger partial charge in [-0.2, -0.15) is 0 Å². The van der Waals surface area contributed by atoms with Gasteiger partial charge in [0.15, 0.2) is 0 Å². The number of thiocarbonyl (C=S) groups is 1. The van der Waals surface area contributed by atoms with Crippen molar-refractivity contribution >= 4 is 29.0 Å². The van der Waals surface area contributed by atoms with E-state index in [1.54, 1.807) is 6.92 Å². The summed E-state index contributed by atoms with van der Waals surface area (Å²) in [6.45, 7) is 5.98. The molecule has 0 spiro atoms. The highest BCUT2D eigenvalue weighted by Gasteiger charge is 2.38. The zero-order valence-electron chi connectivity index (χ0n) is 11.4. The second-order valence-electron chi connectivity index (χ2n) is 4.60. The number of hydrogen-bond donors (Lipinski definition) is 2. The van der Waals surface area contributed by atoms with E-state index in [2.05, 4.69) is 0 Å². The molecule has 4 N–H and O–H groups in total. The van der Waals surface area contributed by atoms with Crippen LogP contribution in [0.3, 0.4) is 0 Å². The van der Waals surface area contributed by atoms with E-state index in [-0.39, 0.29) is 17.4 Å². The number of carbonyl (C=O) groups excluding carboxylic acids is 2. The maximum atomic E-state index is 12.4. The lowest BCUT2D eigenvalue weighted by Crippen LogP contribution is -2.51. The van der Waals surface area contributed by atoms with Crippen LogP contribution in [0.4, 0.5) is 0 Å². The van der Waals surface area contributed by atoms with E-state index >= 15 is 0 Å². The summed E-state index contributed by atoms with van der Waals surface area (Å²) in [6.07, 6.45) is 2.25. The summed E-state index contributed by atoms with van der Waals surface area (Å²) in [4.78, 5) is 25.1. The molecule has 0 saturated carbocycles. The van der Waals surface area contributed by atoms with Gasteiger partial charge in [-0.15, -0.1) is 0 Å². The first kappa shape index (κ1) is 16.8. The molecule has 2 amide bonds. The number of unbranched alkanes of at least 4 members (excludes halogenated alkanes) is 1. The predicted molar refractivity (Wildman–Crippen MR) is 75.9 cm³/mol. The highest BCUT2D eigenvalue weighted by atomic mass is 32.1. The van der Waals surface area contributed by atoms with Crippen molar-refractivity contribution in [2.45, 2.75) is 40.0 Å². The minimum absolute atomic E-state index is 0.0863. The van der Waals surface area contributed by atoms with Gasteiger partial charge in [-0.25, -0.2) is 0 Å². The molecule has 1 atom stereocenters. The van der Waals surface area contributed by atoms with Gasteiger partial charge >= 0.3 is 0 Å². The van der Waals surface area contributed by atoms with Gasteiger partial charge in [0.05, 0.1) is 16.9 Å². The first-order valence-corrected chi connectivity index (χ1v) is 6.58. The molecule has 0 heterocycles.